The van der Waals surface area contributed by atoms with Crippen molar-refractivity contribution in [1.29, 1.82) is 0 Å². The summed E-state index contributed by atoms with van der Waals surface area (Å²) in [5.41, 5.74) is 4.73. The summed E-state index contributed by atoms with van der Waals surface area (Å²) < 4.78 is 12.2. The van der Waals surface area contributed by atoms with Gasteiger partial charge < -0.3 is 9.47 Å². The summed E-state index contributed by atoms with van der Waals surface area (Å²) in [5, 5.41) is 0. The SMILES string of the molecule is Cc1ccc(C2(C(=O)OC(C)(C)C)C=CC=CC2)c(-c2c(C3(C(=O)OC(C)(C)C)C=CC=CC3)ccc(C)c2C)c1C. The molecule has 0 saturated heterocycles. The van der Waals surface area contributed by atoms with Gasteiger partial charge in [-0.05, 0) is 127 Å². The van der Waals surface area contributed by atoms with Crippen LogP contribution in [0.5, 0.6) is 0 Å². The zero-order valence-electron chi connectivity index (χ0n) is 27.0. The van der Waals surface area contributed by atoms with Crippen LogP contribution in [0.4, 0.5) is 0 Å². The van der Waals surface area contributed by atoms with Gasteiger partial charge in [0.25, 0.3) is 0 Å². The Balaban J connectivity index is 2.11. The Morgan fingerprint density at radius 1 is 0.595 bits per heavy atom. The second-order valence-electron chi connectivity index (χ2n) is 13.8. The van der Waals surface area contributed by atoms with Crippen LogP contribution in [0.2, 0.25) is 0 Å². The van der Waals surface area contributed by atoms with Crippen molar-refractivity contribution in [2.75, 3.05) is 0 Å². The number of allylic oxidation sites excluding steroid dienone is 6. The molecule has 2 aliphatic carbocycles. The van der Waals surface area contributed by atoms with E-state index in [9.17, 15) is 9.59 Å². The lowest BCUT2D eigenvalue weighted by atomic mass is 9.67. The first-order chi connectivity index (χ1) is 19.5. The fraction of sp³-hybridized carbons (Fsp3) is 0.421. The molecule has 0 N–H and O–H groups in total. The van der Waals surface area contributed by atoms with Crippen LogP contribution in [-0.2, 0) is 29.9 Å². The molecule has 2 aromatic carbocycles. The van der Waals surface area contributed by atoms with Gasteiger partial charge >= 0.3 is 11.9 Å². The number of aryl methyl sites for hydroxylation is 2. The second kappa shape index (κ2) is 11.2. The number of benzene rings is 2. The minimum Gasteiger partial charge on any atom is -0.459 e. The first kappa shape index (κ1) is 31.3. The summed E-state index contributed by atoms with van der Waals surface area (Å²) in [5.74, 6) is -0.566. The van der Waals surface area contributed by atoms with Crippen molar-refractivity contribution in [3.05, 3.63) is 106 Å². The van der Waals surface area contributed by atoms with Crippen molar-refractivity contribution in [2.45, 2.75) is 104 Å². The van der Waals surface area contributed by atoms with E-state index < -0.39 is 22.0 Å². The number of esters is 2. The quantitative estimate of drug-likeness (QED) is 0.340. The third-order valence-electron chi connectivity index (χ3n) is 8.34. The summed E-state index contributed by atoms with van der Waals surface area (Å²) >= 11 is 0. The summed E-state index contributed by atoms with van der Waals surface area (Å²) in [6.07, 6.45) is 16.8. The van der Waals surface area contributed by atoms with Crippen LogP contribution in [0.1, 0.15) is 87.8 Å². The fourth-order valence-electron chi connectivity index (χ4n) is 5.92. The number of hydrogen-bond donors (Lipinski definition) is 0. The molecule has 2 atom stereocenters. The van der Waals surface area contributed by atoms with Crippen molar-refractivity contribution in [2.24, 2.45) is 0 Å². The van der Waals surface area contributed by atoms with Crippen LogP contribution in [0.25, 0.3) is 11.1 Å². The smallest absolute Gasteiger partial charge is 0.321 e. The van der Waals surface area contributed by atoms with E-state index in [0.29, 0.717) is 12.8 Å². The molecule has 0 saturated carbocycles. The van der Waals surface area contributed by atoms with E-state index in [1.54, 1.807) is 0 Å². The van der Waals surface area contributed by atoms with E-state index in [-0.39, 0.29) is 11.9 Å². The van der Waals surface area contributed by atoms with Crippen LogP contribution >= 0.6 is 0 Å². The molecule has 0 radical (unpaired) electrons. The van der Waals surface area contributed by atoms with E-state index in [1.807, 2.05) is 90.2 Å². The molecule has 0 spiro atoms. The molecule has 4 nitrogen and oxygen atoms in total. The second-order valence-corrected chi connectivity index (χ2v) is 13.8. The molecule has 0 amide bonds. The fourth-order valence-corrected chi connectivity index (χ4v) is 5.92. The van der Waals surface area contributed by atoms with Gasteiger partial charge in [0.15, 0.2) is 0 Å². The monoisotopic (exact) mass is 566 g/mol. The minimum absolute atomic E-state index is 0.283. The highest BCUT2D eigenvalue weighted by Gasteiger charge is 2.46. The number of rotatable bonds is 5. The molecule has 4 heteroatoms. The van der Waals surface area contributed by atoms with Crippen LogP contribution in [0, 0.1) is 27.7 Å². The van der Waals surface area contributed by atoms with E-state index in [4.69, 9.17) is 9.47 Å². The predicted octanol–water partition coefficient (Wildman–Crippen LogP) is 8.78. The Morgan fingerprint density at radius 2 is 0.952 bits per heavy atom. The van der Waals surface area contributed by atoms with Gasteiger partial charge in [0.1, 0.15) is 22.0 Å². The number of carbonyl (C=O) groups excluding carboxylic acids is 2. The molecular weight excluding hydrogens is 520 g/mol. The maximum Gasteiger partial charge on any atom is 0.321 e. The highest BCUT2D eigenvalue weighted by Crippen LogP contribution is 2.49. The Hall–Kier alpha value is -3.66. The Morgan fingerprint density at radius 3 is 1.24 bits per heavy atom. The highest BCUT2D eigenvalue weighted by molar-refractivity contribution is 5.95. The number of hydrogen-bond acceptors (Lipinski definition) is 4. The van der Waals surface area contributed by atoms with Crippen LogP contribution in [0.3, 0.4) is 0 Å². The van der Waals surface area contributed by atoms with Crippen LogP contribution in [-0.4, -0.2) is 23.1 Å². The van der Waals surface area contributed by atoms with Gasteiger partial charge in [-0.3, -0.25) is 9.59 Å². The summed E-state index contributed by atoms with van der Waals surface area (Å²) in [7, 11) is 0. The van der Waals surface area contributed by atoms with E-state index in [2.05, 4.69) is 52.0 Å². The molecule has 2 aliphatic rings. The van der Waals surface area contributed by atoms with Gasteiger partial charge in [-0.25, -0.2) is 0 Å². The maximum absolute atomic E-state index is 14.2. The number of ether oxygens (including phenoxy) is 2. The summed E-state index contributed by atoms with van der Waals surface area (Å²) in [6, 6.07) is 8.33. The third kappa shape index (κ3) is 5.82. The summed E-state index contributed by atoms with van der Waals surface area (Å²) in [4.78, 5) is 28.4. The molecule has 0 heterocycles. The topological polar surface area (TPSA) is 52.6 Å². The molecule has 4 rings (SSSR count). The van der Waals surface area contributed by atoms with Crippen molar-refractivity contribution < 1.29 is 19.1 Å². The van der Waals surface area contributed by atoms with Crippen molar-refractivity contribution >= 4 is 11.9 Å². The van der Waals surface area contributed by atoms with Crippen LogP contribution in [0.15, 0.2) is 72.9 Å². The van der Waals surface area contributed by atoms with Gasteiger partial charge in [0.05, 0.1) is 0 Å². The van der Waals surface area contributed by atoms with Crippen LogP contribution < -0.4 is 0 Å². The molecule has 0 aliphatic heterocycles. The lowest BCUT2D eigenvalue weighted by molar-refractivity contribution is -0.161. The Bertz CT molecular complexity index is 1400. The van der Waals surface area contributed by atoms with Crippen molar-refractivity contribution in [3.63, 3.8) is 0 Å². The third-order valence-corrected chi connectivity index (χ3v) is 8.34. The predicted molar refractivity (Wildman–Crippen MR) is 172 cm³/mol. The molecule has 2 aromatic rings. The van der Waals surface area contributed by atoms with Gasteiger partial charge in [-0.1, -0.05) is 72.9 Å². The van der Waals surface area contributed by atoms with E-state index in [0.717, 1.165) is 44.5 Å². The molecule has 0 bridgehead atoms. The molecule has 2 unspecified atom stereocenters. The van der Waals surface area contributed by atoms with Gasteiger partial charge in [0, 0.05) is 0 Å². The molecular formula is C38H46O4. The van der Waals surface area contributed by atoms with Gasteiger partial charge in [0.2, 0.25) is 0 Å². The molecule has 42 heavy (non-hydrogen) atoms. The molecule has 0 fully saturated rings. The van der Waals surface area contributed by atoms with Gasteiger partial charge in [-0.15, -0.1) is 0 Å². The van der Waals surface area contributed by atoms with Crippen molar-refractivity contribution in [3.8, 4) is 11.1 Å². The normalized spacial score (nSPS) is 21.9. The Kier molecular flexibility index (Phi) is 8.34. The Labute approximate surface area is 252 Å². The van der Waals surface area contributed by atoms with Gasteiger partial charge in [-0.2, -0.15) is 0 Å². The summed E-state index contributed by atoms with van der Waals surface area (Å²) in [6.45, 7) is 19.8. The standard InChI is InChI=1S/C38H46O4/c1-25-17-19-29(37(21-13-11-14-22-37)33(39)41-35(5,6)7)31(27(25)3)32-28(4)26(2)18-20-30(32)38(23-15-12-16-24-38)34(40)42-36(8,9)10/h11-21,23H,22,24H2,1-10H3. The average molecular weight is 567 g/mol. The number of carbonyl (C=O) groups is 2. The van der Waals surface area contributed by atoms with E-state index in [1.165, 1.54) is 0 Å². The maximum atomic E-state index is 14.2. The zero-order chi connectivity index (χ0) is 31.1. The molecule has 222 valence electrons. The van der Waals surface area contributed by atoms with Crippen molar-refractivity contribution in [1.82, 2.24) is 0 Å². The molecule has 0 aromatic heterocycles. The highest BCUT2D eigenvalue weighted by atomic mass is 16.6. The lowest BCUT2D eigenvalue weighted by Gasteiger charge is -2.38. The van der Waals surface area contributed by atoms with E-state index >= 15 is 0 Å². The largest absolute Gasteiger partial charge is 0.459 e. The average Bonchev–Trinajstić information content (AvgIpc) is 2.90. The zero-order valence-corrected chi connectivity index (χ0v) is 27.0. The lowest BCUT2D eigenvalue weighted by Crippen LogP contribution is -2.42. The minimum atomic E-state index is -1.02. The first-order valence-corrected chi connectivity index (χ1v) is 14.9. The first-order valence-electron chi connectivity index (χ1n) is 14.9.